The van der Waals surface area contributed by atoms with Gasteiger partial charge < -0.3 is 15.0 Å². The highest BCUT2D eigenvalue weighted by atomic mass is 16.5. The molecule has 0 saturated heterocycles. The van der Waals surface area contributed by atoms with Gasteiger partial charge in [-0.05, 0) is 37.6 Å². The molecule has 1 aromatic heterocycles. The Balaban J connectivity index is 1.82. The third kappa shape index (κ3) is 4.85. The van der Waals surface area contributed by atoms with E-state index in [4.69, 9.17) is 4.74 Å². The molecule has 2 aromatic carbocycles. The summed E-state index contributed by atoms with van der Waals surface area (Å²) in [5.74, 6) is 1.12. The summed E-state index contributed by atoms with van der Waals surface area (Å²) in [5, 5.41) is 3.24. The maximum Gasteiger partial charge on any atom is 0.337 e. The maximum atomic E-state index is 11.7. The van der Waals surface area contributed by atoms with E-state index >= 15 is 0 Å². The molecule has 0 aliphatic heterocycles. The van der Waals surface area contributed by atoms with Crippen LogP contribution in [0.5, 0.6) is 0 Å². The summed E-state index contributed by atoms with van der Waals surface area (Å²) in [5.41, 5.74) is 2.46. The summed E-state index contributed by atoms with van der Waals surface area (Å²) in [6.45, 7) is 5.03. The number of anilines is 3. The number of aromatic nitrogens is 2. The van der Waals surface area contributed by atoms with Crippen LogP contribution in [0.15, 0.2) is 67.0 Å². The normalized spacial score (nSPS) is 10.6. The first kappa shape index (κ1) is 19.4. The van der Waals surface area contributed by atoms with Crippen LogP contribution in [0.3, 0.4) is 0 Å². The van der Waals surface area contributed by atoms with E-state index in [0.29, 0.717) is 11.4 Å². The Hall–Kier alpha value is -3.41. The zero-order valence-electron chi connectivity index (χ0n) is 16.3. The molecule has 0 saturated carbocycles. The highest BCUT2D eigenvalue weighted by Crippen LogP contribution is 2.22. The number of hydrogen-bond acceptors (Lipinski definition) is 6. The van der Waals surface area contributed by atoms with Crippen LogP contribution in [0.1, 0.15) is 29.8 Å². The molecule has 0 fully saturated rings. The topological polar surface area (TPSA) is 67.3 Å². The lowest BCUT2D eigenvalue weighted by atomic mass is 10.2. The van der Waals surface area contributed by atoms with Gasteiger partial charge >= 0.3 is 5.97 Å². The zero-order valence-corrected chi connectivity index (χ0v) is 16.3. The van der Waals surface area contributed by atoms with Crippen LogP contribution in [-0.2, 0) is 11.3 Å². The molecule has 0 radical (unpaired) electrons. The number of nitrogens with one attached hydrogen (secondary N) is 1. The number of benzene rings is 2. The summed E-state index contributed by atoms with van der Waals surface area (Å²) in [4.78, 5) is 22.7. The predicted molar refractivity (Wildman–Crippen MR) is 111 cm³/mol. The van der Waals surface area contributed by atoms with E-state index in [1.807, 2.05) is 30.3 Å². The summed E-state index contributed by atoms with van der Waals surface area (Å²) >= 11 is 0. The molecule has 0 aliphatic rings. The molecule has 0 spiro atoms. The fraction of sp³-hybridized carbons (Fsp3) is 0.227. The van der Waals surface area contributed by atoms with Crippen molar-refractivity contribution in [2.75, 3.05) is 17.3 Å². The van der Waals surface area contributed by atoms with Gasteiger partial charge in [-0.25, -0.2) is 14.8 Å². The largest absolute Gasteiger partial charge is 0.465 e. The summed E-state index contributed by atoms with van der Waals surface area (Å²) in [7, 11) is 1.37. The van der Waals surface area contributed by atoms with Crippen molar-refractivity contribution in [1.82, 2.24) is 9.97 Å². The van der Waals surface area contributed by atoms with E-state index in [1.54, 1.807) is 24.5 Å². The minimum atomic E-state index is -0.374. The minimum absolute atomic E-state index is 0.269. The number of nitrogens with zero attached hydrogens (tertiary/aromatic N) is 3. The van der Waals surface area contributed by atoms with Gasteiger partial charge in [-0.1, -0.05) is 36.4 Å². The van der Waals surface area contributed by atoms with Crippen molar-refractivity contribution in [2.45, 2.75) is 26.4 Å². The average molecular weight is 376 g/mol. The van der Waals surface area contributed by atoms with E-state index < -0.39 is 0 Å². The first-order valence-electron chi connectivity index (χ1n) is 9.15. The van der Waals surface area contributed by atoms with Crippen molar-refractivity contribution in [2.24, 2.45) is 0 Å². The van der Waals surface area contributed by atoms with Gasteiger partial charge in [-0.15, -0.1) is 0 Å². The van der Waals surface area contributed by atoms with Crippen LogP contribution >= 0.6 is 0 Å². The van der Waals surface area contributed by atoms with Gasteiger partial charge in [-0.2, -0.15) is 0 Å². The van der Waals surface area contributed by atoms with Gasteiger partial charge in [0.2, 0.25) is 0 Å². The van der Waals surface area contributed by atoms with Crippen LogP contribution in [0.4, 0.5) is 17.3 Å². The van der Waals surface area contributed by atoms with Crippen LogP contribution < -0.4 is 10.2 Å². The number of esters is 1. The van der Waals surface area contributed by atoms with Gasteiger partial charge in [-0.3, -0.25) is 0 Å². The first-order valence-corrected chi connectivity index (χ1v) is 9.15. The van der Waals surface area contributed by atoms with E-state index in [0.717, 1.165) is 18.1 Å². The molecule has 6 heteroatoms. The molecule has 144 valence electrons. The Kier molecular flexibility index (Phi) is 6.22. The van der Waals surface area contributed by atoms with E-state index in [-0.39, 0.29) is 12.0 Å². The fourth-order valence-corrected chi connectivity index (χ4v) is 2.87. The molecule has 1 heterocycles. The van der Waals surface area contributed by atoms with Gasteiger partial charge in [0, 0.05) is 24.3 Å². The maximum absolute atomic E-state index is 11.7. The SMILES string of the molecule is COC(=O)c1cccc(Nc2cc(N(Cc3ccccc3)C(C)C)ncn2)c1. The quantitative estimate of drug-likeness (QED) is 0.616. The number of hydrogen-bond donors (Lipinski definition) is 1. The monoisotopic (exact) mass is 376 g/mol. The van der Waals surface area contributed by atoms with Crippen molar-refractivity contribution >= 4 is 23.3 Å². The van der Waals surface area contributed by atoms with Gasteiger partial charge in [0.1, 0.15) is 18.0 Å². The Morgan fingerprint density at radius 1 is 1.07 bits per heavy atom. The van der Waals surface area contributed by atoms with Crippen LogP contribution in [-0.4, -0.2) is 29.1 Å². The highest BCUT2D eigenvalue weighted by molar-refractivity contribution is 5.90. The van der Waals surface area contributed by atoms with Crippen molar-refractivity contribution < 1.29 is 9.53 Å². The number of ether oxygens (including phenoxy) is 1. The van der Waals surface area contributed by atoms with Crippen molar-refractivity contribution in [1.29, 1.82) is 0 Å². The second kappa shape index (κ2) is 8.99. The Bertz CT molecular complexity index is 929. The molecule has 6 nitrogen and oxygen atoms in total. The molecule has 0 aliphatic carbocycles. The average Bonchev–Trinajstić information content (AvgIpc) is 2.72. The second-order valence-corrected chi connectivity index (χ2v) is 6.67. The molecule has 0 amide bonds. The Morgan fingerprint density at radius 2 is 1.86 bits per heavy atom. The number of rotatable bonds is 7. The van der Waals surface area contributed by atoms with Gasteiger partial charge in [0.05, 0.1) is 12.7 Å². The summed E-state index contributed by atoms with van der Waals surface area (Å²) < 4.78 is 4.78. The summed E-state index contributed by atoms with van der Waals surface area (Å²) in [6, 6.07) is 19.6. The molecule has 3 rings (SSSR count). The standard InChI is InChI=1S/C22H24N4O2/c1-16(2)26(14-17-8-5-4-6-9-17)21-13-20(23-15-24-21)25-19-11-7-10-18(12-19)22(27)28-3/h4-13,15-16H,14H2,1-3H3,(H,23,24,25). The van der Waals surface area contributed by atoms with Gasteiger partial charge in [0.25, 0.3) is 0 Å². The first-order chi connectivity index (χ1) is 13.6. The van der Waals surface area contributed by atoms with Crippen LogP contribution in [0.25, 0.3) is 0 Å². The van der Waals surface area contributed by atoms with Crippen LogP contribution in [0, 0.1) is 0 Å². The van der Waals surface area contributed by atoms with Crippen LogP contribution in [0.2, 0.25) is 0 Å². The molecule has 28 heavy (non-hydrogen) atoms. The molecule has 1 N–H and O–H groups in total. The molecule has 0 atom stereocenters. The van der Waals surface area contributed by atoms with E-state index in [2.05, 4.69) is 46.2 Å². The number of methoxy groups -OCH3 is 1. The summed E-state index contributed by atoms with van der Waals surface area (Å²) in [6.07, 6.45) is 1.54. The smallest absolute Gasteiger partial charge is 0.337 e. The molecule has 0 bridgehead atoms. The van der Waals surface area contributed by atoms with E-state index in [9.17, 15) is 4.79 Å². The predicted octanol–water partition coefficient (Wildman–Crippen LogP) is 4.42. The van der Waals surface area contributed by atoms with Crippen molar-refractivity contribution in [3.05, 3.63) is 78.1 Å². The number of carbonyl (C=O) groups is 1. The fourth-order valence-electron chi connectivity index (χ4n) is 2.87. The highest BCUT2D eigenvalue weighted by Gasteiger charge is 2.14. The molecular formula is C22H24N4O2. The second-order valence-electron chi connectivity index (χ2n) is 6.67. The third-order valence-corrected chi connectivity index (χ3v) is 4.32. The molecule has 3 aromatic rings. The Labute approximate surface area is 165 Å². The van der Waals surface area contributed by atoms with Crippen molar-refractivity contribution in [3.63, 3.8) is 0 Å². The van der Waals surface area contributed by atoms with Gasteiger partial charge in [0.15, 0.2) is 0 Å². The third-order valence-electron chi connectivity index (χ3n) is 4.32. The lowest BCUT2D eigenvalue weighted by Crippen LogP contribution is -2.31. The Morgan fingerprint density at radius 3 is 2.57 bits per heavy atom. The van der Waals surface area contributed by atoms with Crippen molar-refractivity contribution in [3.8, 4) is 0 Å². The lowest BCUT2D eigenvalue weighted by molar-refractivity contribution is 0.0601. The lowest BCUT2D eigenvalue weighted by Gasteiger charge is -2.28. The minimum Gasteiger partial charge on any atom is -0.465 e. The zero-order chi connectivity index (χ0) is 19.9. The van der Waals surface area contributed by atoms with E-state index in [1.165, 1.54) is 12.7 Å². The number of carbonyl (C=O) groups excluding carboxylic acids is 1. The molecular weight excluding hydrogens is 352 g/mol. The molecule has 0 unspecified atom stereocenters.